The van der Waals surface area contributed by atoms with Crippen molar-refractivity contribution in [2.24, 2.45) is 0 Å². The fraction of sp³-hybridized carbons (Fsp3) is 0.174. The molecule has 2 aromatic carbocycles. The van der Waals surface area contributed by atoms with Gasteiger partial charge in [0.1, 0.15) is 17.4 Å². The molecule has 0 radical (unpaired) electrons. The van der Waals surface area contributed by atoms with E-state index >= 15 is 0 Å². The molecule has 31 heavy (non-hydrogen) atoms. The molecule has 1 N–H and O–H groups in total. The number of methoxy groups -OCH3 is 1. The molecule has 0 saturated carbocycles. The van der Waals surface area contributed by atoms with Crippen molar-refractivity contribution in [2.45, 2.75) is 6.42 Å². The lowest BCUT2D eigenvalue weighted by molar-refractivity contribution is 0.102. The average Bonchev–Trinajstić information content (AvgIpc) is 2.77. The minimum Gasteiger partial charge on any atom is -0.493 e. The molecule has 1 heterocycles. The predicted octanol–water partition coefficient (Wildman–Crippen LogP) is 4.59. The molecule has 1 amide bonds. The molecule has 0 saturated heterocycles. The van der Waals surface area contributed by atoms with E-state index in [1.54, 1.807) is 31.4 Å². The summed E-state index contributed by atoms with van der Waals surface area (Å²) in [6.45, 7) is 0.947. The molecule has 0 aliphatic rings. The summed E-state index contributed by atoms with van der Waals surface area (Å²) in [7, 11) is 1.61. The fourth-order valence-electron chi connectivity index (χ4n) is 2.70. The number of hydrogen-bond acceptors (Lipinski definition) is 5. The summed E-state index contributed by atoms with van der Waals surface area (Å²) in [5.74, 6) is -0.940. The molecule has 0 aliphatic carbocycles. The largest absolute Gasteiger partial charge is 0.493 e. The van der Waals surface area contributed by atoms with Crippen molar-refractivity contribution >= 4 is 23.9 Å². The Morgan fingerprint density at radius 3 is 2.71 bits per heavy atom. The van der Waals surface area contributed by atoms with Gasteiger partial charge < -0.3 is 14.8 Å². The van der Waals surface area contributed by atoms with Gasteiger partial charge in [-0.05, 0) is 35.9 Å². The standard InChI is InChI=1S/C23H21F2N3O3/c1-30-9-2-10-31-20-12-16(3-4-17-5-6-19(24)14-21(17)25)11-18(13-20)23(29)28-22-15-26-7-8-27-22/h3-8,11-15H,2,9-10H2,1H3,(H,27,28,29)/b4-3+. The van der Waals surface area contributed by atoms with Crippen LogP contribution in [0.3, 0.4) is 0 Å². The monoisotopic (exact) mass is 425 g/mol. The van der Waals surface area contributed by atoms with Gasteiger partial charge in [0, 0.05) is 49.7 Å². The van der Waals surface area contributed by atoms with E-state index in [0.717, 1.165) is 6.07 Å². The smallest absolute Gasteiger partial charge is 0.257 e. The van der Waals surface area contributed by atoms with Crippen molar-refractivity contribution in [1.82, 2.24) is 9.97 Å². The maximum atomic E-state index is 13.9. The van der Waals surface area contributed by atoms with Gasteiger partial charge in [0.05, 0.1) is 12.8 Å². The number of carbonyl (C=O) groups excluding carboxylic acids is 1. The fourth-order valence-corrected chi connectivity index (χ4v) is 2.70. The molecular formula is C23H21F2N3O3. The Balaban J connectivity index is 1.85. The number of nitrogens with zero attached hydrogens (tertiary/aromatic N) is 2. The molecule has 3 rings (SSSR count). The number of aromatic nitrogens is 2. The van der Waals surface area contributed by atoms with Crippen LogP contribution in [0.1, 0.15) is 27.9 Å². The third-order valence-corrected chi connectivity index (χ3v) is 4.18. The summed E-state index contributed by atoms with van der Waals surface area (Å²) in [6.07, 6.45) is 8.21. The first-order chi connectivity index (χ1) is 15.0. The van der Waals surface area contributed by atoms with Gasteiger partial charge in [0.2, 0.25) is 0 Å². The zero-order valence-corrected chi connectivity index (χ0v) is 16.8. The number of benzene rings is 2. The van der Waals surface area contributed by atoms with E-state index in [4.69, 9.17) is 9.47 Å². The lowest BCUT2D eigenvalue weighted by Crippen LogP contribution is -2.13. The van der Waals surface area contributed by atoms with Crippen LogP contribution >= 0.6 is 0 Å². The minimum atomic E-state index is -0.677. The number of anilines is 1. The Kier molecular flexibility index (Phi) is 7.78. The molecule has 0 fully saturated rings. The van der Waals surface area contributed by atoms with E-state index in [-0.39, 0.29) is 5.56 Å². The number of carbonyl (C=O) groups is 1. The van der Waals surface area contributed by atoms with Crippen LogP contribution in [-0.2, 0) is 4.74 Å². The number of halogens is 2. The third kappa shape index (κ3) is 6.68. The summed E-state index contributed by atoms with van der Waals surface area (Å²) in [6, 6.07) is 8.30. The van der Waals surface area contributed by atoms with E-state index in [9.17, 15) is 13.6 Å². The quantitative estimate of drug-likeness (QED) is 0.401. The highest BCUT2D eigenvalue weighted by Gasteiger charge is 2.11. The van der Waals surface area contributed by atoms with Crippen LogP contribution in [0.15, 0.2) is 55.0 Å². The number of ether oxygens (including phenoxy) is 2. The first kappa shape index (κ1) is 22.0. The van der Waals surface area contributed by atoms with Crippen LogP contribution in [0.5, 0.6) is 5.75 Å². The van der Waals surface area contributed by atoms with E-state index in [2.05, 4.69) is 15.3 Å². The van der Waals surface area contributed by atoms with Gasteiger partial charge >= 0.3 is 0 Å². The molecule has 6 nitrogen and oxygen atoms in total. The number of amides is 1. The Labute approximate surface area is 178 Å². The van der Waals surface area contributed by atoms with Crippen LogP contribution < -0.4 is 10.1 Å². The van der Waals surface area contributed by atoms with E-state index in [1.165, 1.54) is 36.8 Å². The molecule has 0 aliphatic heterocycles. The average molecular weight is 425 g/mol. The van der Waals surface area contributed by atoms with Crippen molar-refractivity contribution in [3.63, 3.8) is 0 Å². The van der Waals surface area contributed by atoms with Crippen molar-refractivity contribution in [1.29, 1.82) is 0 Å². The molecule has 0 bridgehead atoms. The van der Waals surface area contributed by atoms with Gasteiger partial charge in [-0.1, -0.05) is 12.2 Å². The minimum absolute atomic E-state index is 0.221. The lowest BCUT2D eigenvalue weighted by Gasteiger charge is -2.10. The summed E-state index contributed by atoms with van der Waals surface area (Å²) < 4.78 is 37.8. The first-order valence-corrected chi connectivity index (χ1v) is 9.52. The van der Waals surface area contributed by atoms with E-state index in [1.807, 2.05) is 0 Å². The maximum absolute atomic E-state index is 13.9. The predicted molar refractivity (Wildman–Crippen MR) is 114 cm³/mol. The second kappa shape index (κ2) is 10.9. The van der Waals surface area contributed by atoms with Gasteiger partial charge in [0.15, 0.2) is 5.82 Å². The molecule has 0 atom stereocenters. The van der Waals surface area contributed by atoms with Gasteiger partial charge in [-0.25, -0.2) is 13.8 Å². The molecule has 3 aromatic rings. The van der Waals surface area contributed by atoms with Gasteiger partial charge in [0.25, 0.3) is 5.91 Å². The van der Waals surface area contributed by atoms with Crippen molar-refractivity contribution in [3.05, 3.63) is 83.3 Å². The number of hydrogen-bond donors (Lipinski definition) is 1. The Hall–Kier alpha value is -3.65. The van der Waals surface area contributed by atoms with Crippen LogP contribution in [0.25, 0.3) is 12.2 Å². The van der Waals surface area contributed by atoms with Crippen LogP contribution in [-0.4, -0.2) is 36.2 Å². The first-order valence-electron chi connectivity index (χ1n) is 9.52. The van der Waals surface area contributed by atoms with Gasteiger partial charge in [-0.15, -0.1) is 0 Å². The molecule has 1 aromatic heterocycles. The van der Waals surface area contributed by atoms with Crippen molar-refractivity contribution in [2.75, 3.05) is 25.6 Å². The molecule has 0 unspecified atom stereocenters. The van der Waals surface area contributed by atoms with Crippen LogP contribution in [0.2, 0.25) is 0 Å². The zero-order chi connectivity index (χ0) is 22.1. The lowest BCUT2D eigenvalue weighted by atomic mass is 10.1. The van der Waals surface area contributed by atoms with E-state index in [0.29, 0.717) is 42.3 Å². The number of rotatable bonds is 9. The summed E-state index contributed by atoms with van der Waals surface area (Å²) in [5.41, 5.74) is 1.16. The van der Waals surface area contributed by atoms with Gasteiger partial charge in [-0.3, -0.25) is 9.78 Å². The SMILES string of the molecule is COCCCOc1cc(/C=C/c2ccc(F)cc2F)cc(C(=O)Nc2cnccn2)c1. The van der Waals surface area contributed by atoms with Crippen LogP contribution in [0.4, 0.5) is 14.6 Å². The van der Waals surface area contributed by atoms with Crippen molar-refractivity contribution < 1.29 is 23.0 Å². The highest BCUT2D eigenvalue weighted by molar-refractivity contribution is 6.04. The second-order valence-electron chi connectivity index (χ2n) is 6.53. The van der Waals surface area contributed by atoms with Crippen molar-refractivity contribution in [3.8, 4) is 5.75 Å². The summed E-state index contributed by atoms with van der Waals surface area (Å²) >= 11 is 0. The normalized spacial score (nSPS) is 10.9. The Bertz CT molecular complexity index is 1060. The Morgan fingerprint density at radius 1 is 1.10 bits per heavy atom. The van der Waals surface area contributed by atoms with Crippen LogP contribution in [0, 0.1) is 11.6 Å². The molecule has 0 spiro atoms. The third-order valence-electron chi connectivity index (χ3n) is 4.18. The molecular weight excluding hydrogens is 404 g/mol. The van der Waals surface area contributed by atoms with Gasteiger partial charge in [-0.2, -0.15) is 0 Å². The highest BCUT2D eigenvalue weighted by atomic mass is 19.1. The topological polar surface area (TPSA) is 73.3 Å². The molecule has 160 valence electrons. The highest BCUT2D eigenvalue weighted by Crippen LogP contribution is 2.21. The molecule has 8 heteroatoms. The maximum Gasteiger partial charge on any atom is 0.257 e. The summed E-state index contributed by atoms with van der Waals surface area (Å²) in [5, 5.41) is 2.66. The number of nitrogens with one attached hydrogen (secondary N) is 1. The van der Waals surface area contributed by atoms with E-state index < -0.39 is 17.5 Å². The Morgan fingerprint density at radius 2 is 1.97 bits per heavy atom. The zero-order valence-electron chi connectivity index (χ0n) is 16.8. The second-order valence-corrected chi connectivity index (χ2v) is 6.53. The summed E-state index contributed by atoms with van der Waals surface area (Å²) in [4.78, 5) is 20.6.